The normalized spacial score (nSPS) is 10.6. The van der Waals surface area contributed by atoms with E-state index in [0.29, 0.717) is 37.1 Å². The van der Waals surface area contributed by atoms with E-state index >= 15 is 0 Å². The van der Waals surface area contributed by atoms with E-state index in [1.165, 1.54) is 0 Å². The molecule has 0 saturated carbocycles. The van der Waals surface area contributed by atoms with Crippen LogP contribution in [0.2, 0.25) is 0 Å². The van der Waals surface area contributed by atoms with Crippen molar-refractivity contribution in [2.75, 3.05) is 30.8 Å². The molecule has 0 aliphatic carbocycles. The van der Waals surface area contributed by atoms with Crippen LogP contribution >= 0.6 is 0 Å². The van der Waals surface area contributed by atoms with Crippen LogP contribution in [0, 0.1) is 6.92 Å². The number of methoxy groups -OCH3 is 1. The summed E-state index contributed by atoms with van der Waals surface area (Å²) in [5, 5.41) is 10.3. The first-order valence-corrected chi connectivity index (χ1v) is 6.85. The first-order valence-electron chi connectivity index (χ1n) is 6.85. The third kappa shape index (κ3) is 4.67. The molecule has 0 saturated heterocycles. The van der Waals surface area contributed by atoms with Crippen molar-refractivity contribution in [1.29, 1.82) is 0 Å². The summed E-state index contributed by atoms with van der Waals surface area (Å²) < 4.78 is 10.0. The number of hydrogen-bond donors (Lipinski definition) is 2. The summed E-state index contributed by atoms with van der Waals surface area (Å²) in [5.74, 6) is 3.40. The van der Waals surface area contributed by atoms with E-state index in [-0.39, 0.29) is 0 Å². The molecule has 0 aliphatic rings. The van der Waals surface area contributed by atoms with E-state index in [0.717, 1.165) is 18.2 Å². The summed E-state index contributed by atoms with van der Waals surface area (Å²) in [5.41, 5.74) is 0. The van der Waals surface area contributed by atoms with Crippen molar-refractivity contribution in [3.05, 3.63) is 23.6 Å². The quantitative estimate of drug-likeness (QED) is 0.753. The van der Waals surface area contributed by atoms with Crippen LogP contribution in [0.25, 0.3) is 0 Å². The molecule has 8 heteroatoms. The largest absolute Gasteiger partial charge is 0.377 e. The van der Waals surface area contributed by atoms with Crippen molar-refractivity contribution >= 4 is 11.6 Å². The molecule has 8 nitrogen and oxygen atoms in total. The monoisotopic (exact) mass is 292 g/mol. The van der Waals surface area contributed by atoms with Crippen LogP contribution < -0.4 is 10.6 Å². The number of aryl methyl sites for hydroxylation is 1. The number of nitrogens with zero attached hydrogens (tertiary/aromatic N) is 4. The minimum Gasteiger partial charge on any atom is -0.377 e. The Balaban J connectivity index is 1.97. The van der Waals surface area contributed by atoms with Crippen molar-refractivity contribution in [2.45, 2.75) is 26.9 Å². The summed E-state index contributed by atoms with van der Waals surface area (Å²) >= 11 is 0. The number of hydrogen-bond acceptors (Lipinski definition) is 8. The van der Waals surface area contributed by atoms with Gasteiger partial charge in [0.1, 0.15) is 18.2 Å². The molecule has 0 bridgehead atoms. The molecular weight excluding hydrogens is 272 g/mol. The SMILES string of the molecule is CCNc1cc(NCCc2noc(C)n2)nc(COC)n1. The lowest BCUT2D eigenvalue weighted by molar-refractivity contribution is 0.178. The minimum absolute atomic E-state index is 0.373. The molecule has 2 N–H and O–H groups in total. The fourth-order valence-electron chi connectivity index (χ4n) is 1.80. The highest BCUT2D eigenvalue weighted by atomic mass is 16.5. The molecular formula is C13H20N6O2. The maximum absolute atomic E-state index is 5.08. The van der Waals surface area contributed by atoms with Gasteiger partial charge in [0.15, 0.2) is 11.6 Å². The van der Waals surface area contributed by atoms with Gasteiger partial charge in [0.25, 0.3) is 0 Å². The summed E-state index contributed by atoms with van der Waals surface area (Å²) in [4.78, 5) is 12.9. The Kier molecular flexibility index (Phi) is 5.44. The summed E-state index contributed by atoms with van der Waals surface area (Å²) in [6, 6.07) is 1.87. The lowest BCUT2D eigenvalue weighted by atomic mass is 10.4. The van der Waals surface area contributed by atoms with Gasteiger partial charge in [-0.1, -0.05) is 5.16 Å². The van der Waals surface area contributed by atoms with Crippen LogP contribution in [0.15, 0.2) is 10.6 Å². The number of rotatable bonds is 8. The van der Waals surface area contributed by atoms with E-state index in [1.54, 1.807) is 14.0 Å². The van der Waals surface area contributed by atoms with Gasteiger partial charge in [-0.15, -0.1) is 0 Å². The summed E-state index contributed by atoms with van der Waals surface area (Å²) in [7, 11) is 1.62. The maximum atomic E-state index is 5.08. The average molecular weight is 292 g/mol. The van der Waals surface area contributed by atoms with Crippen LogP contribution in [0.5, 0.6) is 0 Å². The zero-order valence-corrected chi connectivity index (χ0v) is 12.5. The van der Waals surface area contributed by atoms with Gasteiger partial charge >= 0.3 is 0 Å². The Morgan fingerprint density at radius 1 is 1.14 bits per heavy atom. The third-order valence-electron chi connectivity index (χ3n) is 2.63. The molecule has 114 valence electrons. The molecule has 2 aromatic rings. The second kappa shape index (κ2) is 7.53. The fourth-order valence-corrected chi connectivity index (χ4v) is 1.80. The molecule has 0 radical (unpaired) electrons. The van der Waals surface area contributed by atoms with Crippen LogP contribution in [0.1, 0.15) is 24.5 Å². The highest BCUT2D eigenvalue weighted by Gasteiger charge is 2.05. The fraction of sp³-hybridized carbons (Fsp3) is 0.538. The second-order valence-corrected chi connectivity index (χ2v) is 4.42. The number of nitrogens with one attached hydrogen (secondary N) is 2. The average Bonchev–Trinajstić information content (AvgIpc) is 2.85. The number of ether oxygens (including phenoxy) is 1. The van der Waals surface area contributed by atoms with Gasteiger partial charge < -0.3 is 19.9 Å². The van der Waals surface area contributed by atoms with Gasteiger partial charge in [-0.3, -0.25) is 0 Å². The standard InChI is InChI=1S/C13H20N6O2/c1-4-14-11-7-12(18-13(17-11)8-20-3)15-6-5-10-16-9(2)21-19-10/h7H,4-6,8H2,1-3H3,(H2,14,15,17,18). The molecule has 0 spiro atoms. The lowest BCUT2D eigenvalue weighted by Gasteiger charge is -2.09. The van der Waals surface area contributed by atoms with Crippen LogP contribution in [-0.2, 0) is 17.8 Å². The van der Waals surface area contributed by atoms with Crippen LogP contribution in [0.4, 0.5) is 11.6 Å². The minimum atomic E-state index is 0.373. The summed E-state index contributed by atoms with van der Waals surface area (Å²) in [6.45, 7) is 5.62. The number of aromatic nitrogens is 4. The molecule has 0 atom stereocenters. The number of anilines is 2. The smallest absolute Gasteiger partial charge is 0.223 e. The Labute approximate surface area is 123 Å². The van der Waals surface area contributed by atoms with Crippen molar-refractivity contribution in [3.8, 4) is 0 Å². The Bertz CT molecular complexity index is 547. The van der Waals surface area contributed by atoms with Crippen LogP contribution in [0.3, 0.4) is 0 Å². The van der Waals surface area contributed by atoms with Gasteiger partial charge in [0.2, 0.25) is 5.89 Å². The predicted octanol–water partition coefficient (Wildman–Crippen LogP) is 1.40. The van der Waals surface area contributed by atoms with E-state index in [1.807, 2.05) is 13.0 Å². The molecule has 0 aromatic carbocycles. The molecule has 0 unspecified atom stereocenters. The van der Waals surface area contributed by atoms with E-state index in [9.17, 15) is 0 Å². The molecule has 21 heavy (non-hydrogen) atoms. The Morgan fingerprint density at radius 3 is 2.52 bits per heavy atom. The van der Waals surface area contributed by atoms with Gasteiger partial charge in [0, 0.05) is 39.6 Å². The van der Waals surface area contributed by atoms with Crippen LogP contribution in [-0.4, -0.2) is 40.3 Å². The van der Waals surface area contributed by atoms with Gasteiger partial charge in [0.05, 0.1) is 0 Å². The second-order valence-electron chi connectivity index (χ2n) is 4.42. The van der Waals surface area contributed by atoms with Crippen molar-refractivity contribution in [1.82, 2.24) is 20.1 Å². The van der Waals surface area contributed by atoms with Crippen molar-refractivity contribution in [2.24, 2.45) is 0 Å². The highest BCUT2D eigenvalue weighted by molar-refractivity contribution is 5.47. The summed E-state index contributed by atoms with van der Waals surface area (Å²) in [6.07, 6.45) is 0.664. The van der Waals surface area contributed by atoms with E-state index in [2.05, 4.69) is 30.7 Å². The highest BCUT2D eigenvalue weighted by Crippen LogP contribution is 2.12. The van der Waals surface area contributed by atoms with Gasteiger partial charge in [-0.2, -0.15) is 4.98 Å². The molecule has 2 rings (SSSR count). The molecule has 0 fully saturated rings. The predicted molar refractivity (Wildman–Crippen MR) is 78.1 cm³/mol. The molecule has 2 heterocycles. The van der Waals surface area contributed by atoms with Crippen molar-refractivity contribution in [3.63, 3.8) is 0 Å². The Morgan fingerprint density at radius 2 is 1.90 bits per heavy atom. The first-order chi connectivity index (χ1) is 10.2. The lowest BCUT2D eigenvalue weighted by Crippen LogP contribution is -2.11. The van der Waals surface area contributed by atoms with Gasteiger partial charge in [-0.05, 0) is 6.92 Å². The van der Waals surface area contributed by atoms with Crippen molar-refractivity contribution < 1.29 is 9.26 Å². The Hall–Kier alpha value is -2.22. The zero-order valence-electron chi connectivity index (χ0n) is 12.5. The molecule has 0 aliphatic heterocycles. The first kappa shape index (κ1) is 15.2. The van der Waals surface area contributed by atoms with E-state index in [4.69, 9.17) is 9.26 Å². The van der Waals surface area contributed by atoms with E-state index < -0.39 is 0 Å². The maximum Gasteiger partial charge on any atom is 0.223 e. The third-order valence-corrected chi connectivity index (χ3v) is 2.63. The molecule has 2 aromatic heterocycles. The van der Waals surface area contributed by atoms with Gasteiger partial charge in [-0.25, -0.2) is 9.97 Å². The zero-order chi connectivity index (χ0) is 15.1. The molecule has 0 amide bonds. The topological polar surface area (TPSA) is 98.0 Å².